The third-order valence-corrected chi connectivity index (χ3v) is 1.41. The Labute approximate surface area is 47.4 Å². The van der Waals surface area contributed by atoms with Crippen LogP contribution in [0.1, 0.15) is 5.56 Å². The standard InChI is InChI=1S/C6H7S/c1-6-2-4-7-5-3-6/h2-5H,1H3/q+1. The minimum atomic E-state index is 1.33. The van der Waals surface area contributed by atoms with Crippen molar-refractivity contribution in [2.75, 3.05) is 0 Å². The van der Waals surface area contributed by atoms with Gasteiger partial charge in [-0.05, 0) is 24.6 Å². The van der Waals surface area contributed by atoms with Crippen LogP contribution in [0.15, 0.2) is 22.9 Å². The Morgan fingerprint density at radius 3 is 2.14 bits per heavy atom. The number of aryl methyl sites for hydroxylation is 1. The van der Waals surface area contributed by atoms with E-state index in [1.54, 1.807) is 11.3 Å². The summed E-state index contributed by atoms with van der Waals surface area (Å²) in [7, 11) is 0. The lowest BCUT2D eigenvalue weighted by Crippen LogP contribution is -1.59. The minimum absolute atomic E-state index is 1.33. The molecule has 0 radical (unpaired) electrons. The Morgan fingerprint density at radius 1 is 1.29 bits per heavy atom. The molecular formula is C6H7S+. The summed E-state index contributed by atoms with van der Waals surface area (Å²) in [5.74, 6) is 0. The van der Waals surface area contributed by atoms with Crippen LogP contribution in [0.4, 0.5) is 0 Å². The van der Waals surface area contributed by atoms with Crippen molar-refractivity contribution in [3.63, 3.8) is 0 Å². The summed E-state index contributed by atoms with van der Waals surface area (Å²) in [5, 5.41) is 4.16. The molecule has 0 fully saturated rings. The zero-order chi connectivity index (χ0) is 5.11. The van der Waals surface area contributed by atoms with Crippen LogP contribution in [0, 0.1) is 6.92 Å². The highest BCUT2D eigenvalue weighted by atomic mass is 32.1. The second kappa shape index (κ2) is 2.03. The quantitative estimate of drug-likeness (QED) is 0.451. The fourth-order valence-corrected chi connectivity index (χ4v) is 1.07. The van der Waals surface area contributed by atoms with Crippen molar-refractivity contribution in [2.24, 2.45) is 0 Å². The molecule has 0 atom stereocenters. The van der Waals surface area contributed by atoms with E-state index in [1.165, 1.54) is 5.56 Å². The molecule has 1 aromatic rings. The van der Waals surface area contributed by atoms with Crippen molar-refractivity contribution < 1.29 is 0 Å². The molecule has 7 heavy (non-hydrogen) atoms. The van der Waals surface area contributed by atoms with Crippen LogP contribution >= 0.6 is 11.3 Å². The molecule has 36 valence electrons. The van der Waals surface area contributed by atoms with Gasteiger partial charge in [-0.3, -0.25) is 0 Å². The molecule has 1 heterocycles. The third-order valence-electron chi connectivity index (χ3n) is 0.819. The molecule has 0 N–H and O–H groups in total. The molecule has 1 heteroatoms. The zero-order valence-electron chi connectivity index (χ0n) is 4.22. The van der Waals surface area contributed by atoms with Gasteiger partial charge < -0.3 is 0 Å². The van der Waals surface area contributed by atoms with Crippen molar-refractivity contribution in [1.29, 1.82) is 0 Å². The molecule has 0 amide bonds. The first kappa shape index (κ1) is 4.72. The van der Waals surface area contributed by atoms with Crippen molar-refractivity contribution >= 4 is 11.3 Å². The van der Waals surface area contributed by atoms with Crippen LogP contribution in [0.25, 0.3) is 0 Å². The van der Waals surface area contributed by atoms with E-state index in [2.05, 4.69) is 29.8 Å². The summed E-state index contributed by atoms with van der Waals surface area (Å²) in [6.07, 6.45) is 0. The highest BCUT2D eigenvalue weighted by Gasteiger charge is 1.83. The van der Waals surface area contributed by atoms with Gasteiger partial charge in [-0.1, -0.05) is 0 Å². The largest absolute Gasteiger partial charge is 0.211 e. The highest BCUT2D eigenvalue weighted by Crippen LogP contribution is 1.98. The molecule has 0 saturated heterocycles. The molecule has 0 aliphatic heterocycles. The van der Waals surface area contributed by atoms with Crippen molar-refractivity contribution in [3.05, 3.63) is 28.5 Å². The van der Waals surface area contributed by atoms with Gasteiger partial charge in [0, 0.05) is 0 Å². The van der Waals surface area contributed by atoms with E-state index < -0.39 is 0 Å². The lowest BCUT2D eigenvalue weighted by Gasteiger charge is -1.74. The molecule has 0 nitrogen and oxygen atoms in total. The van der Waals surface area contributed by atoms with Crippen LogP contribution in [-0.2, 0) is 0 Å². The van der Waals surface area contributed by atoms with E-state index in [4.69, 9.17) is 0 Å². The maximum atomic E-state index is 2.10. The Hall–Kier alpha value is -0.430. The maximum Gasteiger partial charge on any atom is 0.211 e. The van der Waals surface area contributed by atoms with Crippen LogP contribution in [-0.4, -0.2) is 0 Å². The third kappa shape index (κ3) is 1.24. The zero-order valence-corrected chi connectivity index (χ0v) is 5.03. The molecule has 0 unspecified atom stereocenters. The van der Waals surface area contributed by atoms with Gasteiger partial charge >= 0.3 is 0 Å². The average Bonchev–Trinajstić information content (AvgIpc) is 1.69. The number of rotatable bonds is 0. The smallest absolute Gasteiger partial charge is 0.0412 e. The van der Waals surface area contributed by atoms with E-state index in [-0.39, 0.29) is 0 Å². The first-order valence-corrected chi connectivity index (χ1v) is 3.16. The van der Waals surface area contributed by atoms with Gasteiger partial charge in [0.2, 0.25) is 11.3 Å². The van der Waals surface area contributed by atoms with Gasteiger partial charge in [0.05, 0.1) is 0 Å². The van der Waals surface area contributed by atoms with E-state index >= 15 is 0 Å². The second-order valence-electron chi connectivity index (χ2n) is 1.49. The lowest BCUT2D eigenvalue weighted by atomic mass is 10.3. The predicted molar refractivity (Wildman–Crippen MR) is 33.5 cm³/mol. The van der Waals surface area contributed by atoms with Crippen molar-refractivity contribution in [3.8, 4) is 0 Å². The van der Waals surface area contributed by atoms with E-state index in [0.717, 1.165) is 0 Å². The van der Waals surface area contributed by atoms with Gasteiger partial charge in [0.25, 0.3) is 0 Å². The monoisotopic (exact) mass is 111 g/mol. The fraction of sp³-hybridized carbons (Fsp3) is 0.167. The Kier molecular flexibility index (Phi) is 1.37. The van der Waals surface area contributed by atoms with E-state index in [9.17, 15) is 0 Å². The Balaban J connectivity index is 3.02. The maximum absolute atomic E-state index is 2.10. The van der Waals surface area contributed by atoms with Crippen molar-refractivity contribution in [2.45, 2.75) is 6.92 Å². The summed E-state index contributed by atoms with van der Waals surface area (Å²) in [6.45, 7) is 2.09. The predicted octanol–water partition coefficient (Wildman–Crippen LogP) is 2.34. The molecule has 1 rings (SSSR count). The highest BCUT2D eigenvalue weighted by molar-refractivity contribution is 7.07. The van der Waals surface area contributed by atoms with Gasteiger partial charge in [0.15, 0.2) is 10.8 Å². The molecule has 0 aromatic carbocycles. The number of hydrogen-bond acceptors (Lipinski definition) is 0. The van der Waals surface area contributed by atoms with E-state index in [0.29, 0.717) is 0 Å². The van der Waals surface area contributed by atoms with Crippen LogP contribution in [0.2, 0.25) is 0 Å². The summed E-state index contributed by atoms with van der Waals surface area (Å²) in [5.41, 5.74) is 1.33. The first-order chi connectivity index (χ1) is 3.39. The molecule has 0 aliphatic carbocycles. The molecule has 1 aromatic heterocycles. The van der Waals surface area contributed by atoms with Gasteiger partial charge in [0.1, 0.15) is 0 Å². The summed E-state index contributed by atoms with van der Waals surface area (Å²) < 4.78 is 0. The molecule has 0 spiro atoms. The van der Waals surface area contributed by atoms with Crippen LogP contribution < -0.4 is 0 Å². The van der Waals surface area contributed by atoms with Crippen molar-refractivity contribution in [1.82, 2.24) is 0 Å². The van der Waals surface area contributed by atoms with Gasteiger partial charge in [-0.2, -0.15) is 0 Å². The Bertz CT molecular complexity index is 134. The molecular weight excluding hydrogens is 104 g/mol. The van der Waals surface area contributed by atoms with Gasteiger partial charge in [-0.15, -0.1) is 0 Å². The van der Waals surface area contributed by atoms with Gasteiger partial charge in [-0.25, -0.2) is 0 Å². The first-order valence-electron chi connectivity index (χ1n) is 2.22. The normalized spacial score (nSPS) is 8.71. The topological polar surface area (TPSA) is 0 Å². The fourth-order valence-electron chi connectivity index (χ4n) is 0.394. The Morgan fingerprint density at radius 2 is 1.86 bits per heavy atom. The minimum Gasteiger partial charge on any atom is -0.0412 e. The summed E-state index contributed by atoms with van der Waals surface area (Å²) in [4.78, 5) is 0. The summed E-state index contributed by atoms with van der Waals surface area (Å²) >= 11 is 1.72. The SMILES string of the molecule is Cc1cc[s+]cc1. The lowest BCUT2D eigenvalue weighted by molar-refractivity contribution is 1.51. The number of hydrogen-bond donors (Lipinski definition) is 0. The van der Waals surface area contributed by atoms with Crippen LogP contribution in [0.3, 0.4) is 0 Å². The molecule has 0 aliphatic rings. The second-order valence-corrected chi connectivity index (χ2v) is 2.30. The van der Waals surface area contributed by atoms with Crippen LogP contribution in [0.5, 0.6) is 0 Å². The molecule has 0 saturated carbocycles. The summed E-state index contributed by atoms with van der Waals surface area (Å²) in [6, 6.07) is 4.20. The average molecular weight is 111 g/mol. The van der Waals surface area contributed by atoms with E-state index in [1.807, 2.05) is 0 Å². The molecule has 0 bridgehead atoms.